The second kappa shape index (κ2) is 11.9. The van der Waals surface area contributed by atoms with E-state index in [1.807, 2.05) is 12.1 Å². The van der Waals surface area contributed by atoms with Crippen molar-refractivity contribution in [1.29, 1.82) is 0 Å². The van der Waals surface area contributed by atoms with Crippen LogP contribution in [0.4, 0.5) is 0 Å². The Bertz CT molecular complexity index is 749. The van der Waals surface area contributed by atoms with Gasteiger partial charge in [-0.05, 0) is 62.1 Å². The Morgan fingerprint density at radius 1 is 1.10 bits per heavy atom. The van der Waals surface area contributed by atoms with Crippen molar-refractivity contribution in [3.05, 3.63) is 42.0 Å². The van der Waals surface area contributed by atoms with Crippen molar-refractivity contribution in [3.63, 3.8) is 0 Å². The maximum Gasteiger partial charge on any atom is 0.303 e. The van der Waals surface area contributed by atoms with E-state index in [-0.39, 0.29) is 24.2 Å². The molecular weight excluding hydrogens is 396 g/mol. The molecule has 2 bridgehead atoms. The number of rotatable bonds is 13. The number of carboxylic acid groups (broad SMARTS) is 1. The molecule has 4 atom stereocenters. The number of fused-ring (bicyclic) bond motifs is 2. The summed E-state index contributed by atoms with van der Waals surface area (Å²) in [5, 5.41) is 24.2. The Morgan fingerprint density at radius 2 is 1.84 bits per heavy atom. The largest absolute Gasteiger partial charge is 0.508 e. The molecule has 31 heavy (non-hydrogen) atoms. The normalized spacial score (nSPS) is 24.6. The molecule has 2 fully saturated rings. The van der Waals surface area contributed by atoms with E-state index in [2.05, 4.69) is 22.8 Å². The number of carbonyl (C=O) groups excluding carboxylic acids is 1. The van der Waals surface area contributed by atoms with Crippen molar-refractivity contribution in [3.8, 4) is 5.75 Å². The number of hydrogen-bond donors (Lipinski definition) is 4. The molecule has 7 heteroatoms. The molecule has 0 aromatic heterocycles. The monoisotopic (exact) mass is 430 g/mol. The smallest absolute Gasteiger partial charge is 0.303 e. The summed E-state index contributed by atoms with van der Waals surface area (Å²) in [4.78, 5) is 22.7. The van der Waals surface area contributed by atoms with Crippen LogP contribution in [0.5, 0.6) is 5.75 Å². The number of aromatic hydroxyl groups is 1. The molecule has 2 saturated heterocycles. The predicted octanol–water partition coefficient (Wildman–Crippen LogP) is 2.64. The molecule has 7 nitrogen and oxygen atoms in total. The first-order valence-corrected chi connectivity index (χ1v) is 11.3. The number of carbonyl (C=O) groups is 2. The highest BCUT2D eigenvalue weighted by Crippen LogP contribution is 2.44. The summed E-state index contributed by atoms with van der Waals surface area (Å²) in [6, 6.07) is 7.01. The Morgan fingerprint density at radius 3 is 2.58 bits per heavy atom. The van der Waals surface area contributed by atoms with E-state index in [1.165, 1.54) is 0 Å². The summed E-state index contributed by atoms with van der Waals surface area (Å²) < 4.78 is 6.12. The number of phenols is 1. The van der Waals surface area contributed by atoms with Crippen molar-refractivity contribution in [2.24, 2.45) is 11.8 Å². The number of phenolic OH excluding ortho intramolecular Hbond substituents is 1. The zero-order valence-corrected chi connectivity index (χ0v) is 18.0. The van der Waals surface area contributed by atoms with Crippen molar-refractivity contribution in [1.82, 2.24) is 10.6 Å². The van der Waals surface area contributed by atoms with Gasteiger partial charge in [0.1, 0.15) is 5.75 Å². The van der Waals surface area contributed by atoms with Gasteiger partial charge in [-0.15, -0.1) is 0 Å². The van der Waals surface area contributed by atoms with Crippen molar-refractivity contribution < 1.29 is 24.5 Å². The molecule has 0 saturated carbocycles. The fraction of sp³-hybridized carbons (Fsp3) is 0.583. The molecule has 0 spiro atoms. The van der Waals surface area contributed by atoms with Gasteiger partial charge in [-0.1, -0.05) is 24.3 Å². The Hall–Kier alpha value is -2.38. The molecule has 0 unspecified atom stereocenters. The second-order valence-electron chi connectivity index (χ2n) is 8.51. The van der Waals surface area contributed by atoms with E-state index >= 15 is 0 Å². The number of unbranched alkanes of at least 4 members (excludes halogenated alkanes) is 1. The lowest BCUT2D eigenvalue weighted by Crippen LogP contribution is -2.40. The van der Waals surface area contributed by atoms with Gasteiger partial charge in [0.25, 0.3) is 0 Å². The third-order valence-electron chi connectivity index (χ3n) is 6.26. The second-order valence-corrected chi connectivity index (χ2v) is 8.51. The number of benzene rings is 1. The minimum absolute atomic E-state index is 0.0160. The van der Waals surface area contributed by atoms with Crippen molar-refractivity contribution in [2.45, 2.75) is 57.2 Å². The quantitative estimate of drug-likeness (QED) is 0.283. The molecule has 2 heterocycles. The van der Waals surface area contributed by atoms with Gasteiger partial charge < -0.3 is 25.6 Å². The minimum atomic E-state index is -0.745. The number of allylic oxidation sites excluding steroid dienone is 2. The number of ether oxygens (including phenoxy) is 1. The van der Waals surface area contributed by atoms with Crippen LogP contribution in [-0.2, 0) is 20.7 Å². The van der Waals surface area contributed by atoms with Crippen LogP contribution in [0.3, 0.4) is 0 Å². The summed E-state index contributed by atoms with van der Waals surface area (Å²) in [6.07, 6.45) is 10.4. The minimum Gasteiger partial charge on any atom is -0.508 e. The zero-order valence-electron chi connectivity index (χ0n) is 18.0. The summed E-state index contributed by atoms with van der Waals surface area (Å²) in [5.74, 6) is 0.350. The number of hydrogen-bond acceptors (Lipinski definition) is 5. The lowest BCUT2D eigenvalue weighted by molar-refractivity contribution is -0.137. The molecule has 1 aromatic rings. The molecule has 1 amide bonds. The lowest BCUT2D eigenvalue weighted by Gasteiger charge is -2.27. The molecule has 0 aliphatic carbocycles. The van der Waals surface area contributed by atoms with E-state index in [0.29, 0.717) is 37.5 Å². The van der Waals surface area contributed by atoms with Gasteiger partial charge in [0.05, 0.1) is 18.8 Å². The predicted molar refractivity (Wildman–Crippen MR) is 118 cm³/mol. The van der Waals surface area contributed by atoms with Crippen LogP contribution in [-0.4, -0.2) is 53.9 Å². The van der Waals surface area contributed by atoms with Gasteiger partial charge in [-0.2, -0.15) is 0 Å². The maximum absolute atomic E-state index is 12.1. The zero-order chi connectivity index (χ0) is 22.1. The fourth-order valence-electron chi connectivity index (χ4n) is 4.65. The summed E-state index contributed by atoms with van der Waals surface area (Å²) in [6.45, 7) is 1.63. The van der Waals surface area contributed by atoms with Crippen LogP contribution in [0.2, 0.25) is 0 Å². The molecule has 4 N–H and O–H groups in total. The van der Waals surface area contributed by atoms with Crippen LogP contribution in [0.1, 0.15) is 44.1 Å². The first-order valence-electron chi connectivity index (χ1n) is 11.3. The third kappa shape index (κ3) is 7.36. The number of nitrogens with one attached hydrogen (secondary N) is 2. The molecule has 1 aromatic carbocycles. The van der Waals surface area contributed by atoms with E-state index in [9.17, 15) is 14.7 Å². The van der Waals surface area contributed by atoms with Crippen LogP contribution in [0, 0.1) is 11.8 Å². The van der Waals surface area contributed by atoms with Gasteiger partial charge in [0.2, 0.25) is 5.91 Å². The maximum atomic E-state index is 12.1. The Balaban J connectivity index is 1.33. The lowest BCUT2D eigenvalue weighted by atomic mass is 9.77. The van der Waals surface area contributed by atoms with Crippen LogP contribution < -0.4 is 10.6 Å². The van der Waals surface area contributed by atoms with E-state index < -0.39 is 5.97 Å². The number of amides is 1. The molecule has 170 valence electrons. The molecule has 0 radical (unpaired) electrons. The number of carboxylic acids is 1. The summed E-state index contributed by atoms with van der Waals surface area (Å²) in [7, 11) is 0. The van der Waals surface area contributed by atoms with Crippen LogP contribution in [0.15, 0.2) is 36.4 Å². The van der Waals surface area contributed by atoms with Gasteiger partial charge in [0.15, 0.2) is 0 Å². The van der Waals surface area contributed by atoms with Crippen LogP contribution >= 0.6 is 0 Å². The third-order valence-corrected chi connectivity index (χ3v) is 6.26. The molecule has 2 aliphatic rings. The van der Waals surface area contributed by atoms with Gasteiger partial charge in [-0.3, -0.25) is 9.59 Å². The molecule has 3 rings (SSSR count). The van der Waals surface area contributed by atoms with Gasteiger partial charge >= 0.3 is 5.97 Å². The van der Waals surface area contributed by atoms with E-state index in [0.717, 1.165) is 44.2 Å². The number of aliphatic carboxylic acids is 1. The van der Waals surface area contributed by atoms with Crippen molar-refractivity contribution >= 4 is 11.9 Å². The average molecular weight is 431 g/mol. The highest BCUT2D eigenvalue weighted by atomic mass is 16.5. The van der Waals surface area contributed by atoms with E-state index in [1.54, 1.807) is 12.1 Å². The fourth-order valence-corrected chi connectivity index (χ4v) is 4.65. The van der Waals surface area contributed by atoms with Crippen LogP contribution in [0.25, 0.3) is 0 Å². The van der Waals surface area contributed by atoms with E-state index in [4.69, 9.17) is 9.84 Å². The summed E-state index contributed by atoms with van der Waals surface area (Å²) >= 11 is 0. The first-order chi connectivity index (χ1) is 15.0. The first kappa shape index (κ1) is 23.3. The highest BCUT2D eigenvalue weighted by molar-refractivity contribution is 5.77. The topological polar surface area (TPSA) is 108 Å². The summed E-state index contributed by atoms with van der Waals surface area (Å²) in [5.41, 5.74) is 1.07. The SMILES string of the molecule is O=C(O)CCC/C=C\C[C@@H]1[C@H](CNCC(=O)NCCc2ccc(O)cc2)[C@@H]2CC[C@H]1O2. The Kier molecular flexibility index (Phi) is 8.91. The molecule has 2 aliphatic heterocycles. The average Bonchev–Trinajstić information content (AvgIpc) is 3.34. The Labute approximate surface area is 183 Å². The standard InChI is InChI=1S/C24H34N2O5/c27-18-9-7-17(8-10-18)13-14-26-23(28)16-25-15-20-19(21-11-12-22(20)31-21)5-3-1-2-4-6-24(29)30/h1,3,7-10,19-22,25,27H,2,4-6,11-16H2,(H,26,28)(H,29,30)/b3-1-/t19-,20+,21-,22+/m1/s1. The molecular formula is C24H34N2O5. The van der Waals surface area contributed by atoms with Gasteiger partial charge in [-0.25, -0.2) is 0 Å². The highest BCUT2D eigenvalue weighted by Gasteiger charge is 2.47. The van der Waals surface area contributed by atoms with Gasteiger partial charge in [0, 0.05) is 25.4 Å². The van der Waals surface area contributed by atoms with Crippen molar-refractivity contribution in [2.75, 3.05) is 19.6 Å².